The molecule has 0 N–H and O–H groups in total. The van der Waals surface area contributed by atoms with Gasteiger partial charge in [0.2, 0.25) is 0 Å². The average molecular weight is 231 g/mol. The molecule has 0 atom stereocenters. The van der Waals surface area contributed by atoms with Crippen LogP contribution >= 0.6 is 11.8 Å². The standard InChI is InChI=1S/C10H8F3NS/c1-7-2-8(5-15-6-14)4-9(3-7)10(11,12)13/h2-4H,5H2,1H3. The first-order valence-electron chi connectivity index (χ1n) is 4.12. The molecule has 0 bridgehead atoms. The number of nitriles is 1. The van der Waals surface area contributed by atoms with Crippen LogP contribution in [0.4, 0.5) is 13.2 Å². The van der Waals surface area contributed by atoms with Gasteiger partial charge < -0.3 is 0 Å². The van der Waals surface area contributed by atoms with Crippen molar-refractivity contribution in [3.8, 4) is 5.40 Å². The Morgan fingerprint density at radius 2 is 2.00 bits per heavy atom. The molecule has 0 aliphatic rings. The second-order valence-corrected chi connectivity index (χ2v) is 3.84. The number of hydrogen-bond donors (Lipinski definition) is 0. The predicted molar refractivity (Wildman–Crippen MR) is 53.1 cm³/mol. The molecular formula is C10H8F3NS. The molecule has 0 aliphatic carbocycles. The summed E-state index contributed by atoms with van der Waals surface area (Å²) in [5, 5.41) is 10.1. The second-order valence-electron chi connectivity index (χ2n) is 3.09. The Morgan fingerprint density at radius 3 is 2.53 bits per heavy atom. The Morgan fingerprint density at radius 1 is 1.33 bits per heavy atom. The first kappa shape index (κ1) is 11.9. The third kappa shape index (κ3) is 3.48. The first-order chi connectivity index (χ1) is 6.93. The number of thioether (sulfide) groups is 1. The normalized spacial score (nSPS) is 11.1. The highest BCUT2D eigenvalue weighted by Gasteiger charge is 2.30. The minimum atomic E-state index is -4.32. The van der Waals surface area contributed by atoms with Gasteiger partial charge in [-0.3, -0.25) is 0 Å². The Hall–Kier alpha value is -1.15. The SMILES string of the molecule is Cc1cc(CSC#N)cc(C(F)(F)F)c1. The summed E-state index contributed by atoms with van der Waals surface area (Å²) in [6.45, 7) is 1.61. The van der Waals surface area contributed by atoms with Crippen LogP contribution in [0.1, 0.15) is 16.7 Å². The summed E-state index contributed by atoms with van der Waals surface area (Å²) < 4.78 is 37.2. The van der Waals surface area contributed by atoms with Gasteiger partial charge in [-0.2, -0.15) is 18.4 Å². The molecule has 0 saturated carbocycles. The Balaban J connectivity index is 3.01. The molecule has 1 nitrogen and oxygen atoms in total. The van der Waals surface area contributed by atoms with Gasteiger partial charge >= 0.3 is 6.18 Å². The minimum Gasteiger partial charge on any atom is -0.185 e. The van der Waals surface area contributed by atoms with Crippen molar-refractivity contribution in [3.05, 3.63) is 34.9 Å². The number of hydrogen-bond acceptors (Lipinski definition) is 2. The molecular weight excluding hydrogens is 223 g/mol. The van der Waals surface area contributed by atoms with Crippen LogP contribution in [0.5, 0.6) is 0 Å². The van der Waals surface area contributed by atoms with E-state index in [0.717, 1.165) is 23.9 Å². The topological polar surface area (TPSA) is 23.8 Å². The summed E-state index contributed by atoms with van der Waals surface area (Å²) in [7, 11) is 0. The number of aryl methyl sites for hydroxylation is 1. The smallest absolute Gasteiger partial charge is 0.185 e. The summed E-state index contributed by atoms with van der Waals surface area (Å²) in [4.78, 5) is 0. The average Bonchev–Trinajstić information content (AvgIpc) is 2.12. The number of nitrogens with zero attached hydrogens (tertiary/aromatic N) is 1. The number of rotatable bonds is 2. The summed E-state index contributed by atoms with van der Waals surface area (Å²) in [6, 6.07) is 3.83. The van der Waals surface area contributed by atoms with Gasteiger partial charge in [0.1, 0.15) is 5.40 Å². The van der Waals surface area contributed by atoms with E-state index >= 15 is 0 Å². The van der Waals surface area contributed by atoms with Gasteiger partial charge in [-0.15, -0.1) is 0 Å². The molecule has 0 heterocycles. The molecule has 0 aromatic heterocycles. The summed E-state index contributed by atoms with van der Waals surface area (Å²) in [5.41, 5.74) is 0.420. The van der Waals surface area contributed by atoms with Crippen LogP contribution in [-0.2, 0) is 11.9 Å². The number of benzene rings is 1. The number of alkyl halides is 3. The molecule has 0 spiro atoms. The molecule has 0 radical (unpaired) electrons. The van der Waals surface area contributed by atoms with E-state index in [1.54, 1.807) is 13.0 Å². The zero-order valence-electron chi connectivity index (χ0n) is 7.93. The molecule has 0 unspecified atom stereocenters. The van der Waals surface area contributed by atoms with Crippen LogP contribution in [0.25, 0.3) is 0 Å². The fourth-order valence-corrected chi connectivity index (χ4v) is 1.62. The monoisotopic (exact) mass is 231 g/mol. The van der Waals surface area contributed by atoms with Crippen molar-refractivity contribution in [1.29, 1.82) is 5.26 Å². The van der Waals surface area contributed by atoms with Crippen LogP contribution in [0.3, 0.4) is 0 Å². The lowest BCUT2D eigenvalue weighted by Crippen LogP contribution is -2.05. The van der Waals surface area contributed by atoms with Gasteiger partial charge in [0, 0.05) is 5.75 Å². The Bertz CT molecular complexity index is 393. The van der Waals surface area contributed by atoms with Crippen LogP contribution in [0.15, 0.2) is 18.2 Å². The Labute approximate surface area is 89.9 Å². The largest absolute Gasteiger partial charge is 0.416 e. The van der Waals surface area contributed by atoms with Crippen molar-refractivity contribution in [3.63, 3.8) is 0 Å². The van der Waals surface area contributed by atoms with Gasteiger partial charge in [-0.05, 0) is 36.4 Å². The van der Waals surface area contributed by atoms with E-state index in [2.05, 4.69) is 0 Å². The predicted octanol–water partition coefficient (Wildman–Crippen LogP) is 3.73. The molecule has 1 aromatic rings. The lowest BCUT2D eigenvalue weighted by Gasteiger charge is -2.09. The van der Waals surface area contributed by atoms with Crippen molar-refractivity contribution < 1.29 is 13.2 Å². The zero-order chi connectivity index (χ0) is 11.5. The van der Waals surface area contributed by atoms with E-state index in [4.69, 9.17) is 5.26 Å². The molecule has 1 rings (SSSR count). The number of halogens is 3. The lowest BCUT2D eigenvalue weighted by atomic mass is 10.1. The minimum absolute atomic E-state index is 0.279. The van der Waals surface area contributed by atoms with Crippen LogP contribution < -0.4 is 0 Å². The third-order valence-electron chi connectivity index (χ3n) is 1.77. The Kier molecular flexibility index (Phi) is 3.64. The van der Waals surface area contributed by atoms with E-state index in [-0.39, 0.29) is 5.75 Å². The van der Waals surface area contributed by atoms with Crippen LogP contribution in [0, 0.1) is 17.6 Å². The molecule has 80 valence electrons. The highest BCUT2D eigenvalue weighted by atomic mass is 32.2. The first-order valence-corrected chi connectivity index (χ1v) is 5.10. The molecule has 0 aliphatic heterocycles. The highest BCUT2D eigenvalue weighted by Crippen LogP contribution is 2.31. The van der Waals surface area contributed by atoms with E-state index < -0.39 is 11.7 Å². The molecule has 5 heteroatoms. The highest BCUT2D eigenvalue weighted by molar-refractivity contribution is 8.02. The number of thiocyanates is 1. The van der Waals surface area contributed by atoms with Gasteiger partial charge in [-0.1, -0.05) is 11.6 Å². The third-order valence-corrected chi connectivity index (χ3v) is 2.37. The van der Waals surface area contributed by atoms with E-state index in [1.165, 1.54) is 0 Å². The molecule has 1 aromatic carbocycles. The summed E-state index contributed by atoms with van der Waals surface area (Å²) in [5.74, 6) is 0.279. The van der Waals surface area contributed by atoms with Crippen LogP contribution in [-0.4, -0.2) is 0 Å². The van der Waals surface area contributed by atoms with E-state index in [1.807, 2.05) is 5.40 Å². The van der Waals surface area contributed by atoms with Crippen molar-refractivity contribution in [2.24, 2.45) is 0 Å². The fourth-order valence-electron chi connectivity index (χ4n) is 1.23. The molecule has 0 fully saturated rings. The fraction of sp³-hybridized carbons (Fsp3) is 0.300. The van der Waals surface area contributed by atoms with Crippen LogP contribution in [0.2, 0.25) is 0 Å². The maximum absolute atomic E-state index is 12.4. The summed E-state index contributed by atoms with van der Waals surface area (Å²) >= 11 is 0.927. The van der Waals surface area contributed by atoms with Gasteiger partial charge in [0.05, 0.1) is 5.56 Å². The molecule has 0 saturated heterocycles. The second kappa shape index (κ2) is 4.58. The quantitative estimate of drug-likeness (QED) is 0.724. The van der Waals surface area contributed by atoms with Crippen molar-refractivity contribution in [2.45, 2.75) is 18.9 Å². The van der Waals surface area contributed by atoms with Crippen molar-refractivity contribution in [2.75, 3.05) is 0 Å². The van der Waals surface area contributed by atoms with E-state index in [9.17, 15) is 13.2 Å². The van der Waals surface area contributed by atoms with Crippen molar-refractivity contribution >= 4 is 11.8 Å². The zero-order valence-corrected chi connectivity index (χ0v) is 8.75. The maximum Gasteiger partial charge on any atom is 0.416 e. The van der Waals surface area contributed by atoms with Gasteiger partial charge in [-0.25, -0.2) is 0 Å². The van der Waals surface area contributed by atoms with Gasteiger partial charge in [0.25, 0.3) is 0 Å². The summed E-state index contributed by atoms with van der Waals surface area (Å²) in [6.07, 6.45) is -4.32. The maximum atomic E-state index is 12.4. The lowest BCUT2D eigenvalue weighted by molar-refractivity contribution is -0.137. The molecule has 15 heavy (non-hydrogen) atoms. The van der Waals surface area contributed by atoms with Crippen molar-refractivity contribution in [1.82, 2.24) is 0 Å². The van der Waals surface area contributed by atoms with Gasteiger partial charge in [0.15, 0.2) is 0 Å². The molecule has 0 amide bonds. The van der Waals surface area contributed by atoms with E-state index in [0.29, 0.717) is 11.1 Å².